The Balaban J connectivity index is 2.64. The summed E-state index contributed by atoms with van der Waals surface area (Å²) in [5.41, 5.74) is 2.27. The number of halogens is 3. The molecule has 0 spiro atoms. The molecule has 0 aromatic heterocycles. The summed E-state index contributed by atoms with van der Waals surface area (Å²) in [6.07, 6.45) is -2.30. The van der Waals surface area contributed by atoms with E-state index in [1.807, 2.05) is 18.2 Å². The monoisotopic (exact) mass is 348 g/mol. The van der Waals surface area contributed by atoms with Crippen LogP contribution in [0.2, 0.25) is 0 Å². The summed E-state index contributed by atoms with van der Waals surface area (Å²) in [6.45, 7) is 7.45. The van der Waals surface area contributed by atoms with E-state index < -0.39 is 6.43 Å². The van der Waals surface area contributed by atoms with Gasteiger partial charge >= 0.3 is 0 Å². The fraction of sp³-hybridized carbons (Fsp3) is 0.600. The van der Waals surface area contributed by atoms with Gasteiger partial charge < -0.3 is 5.32 Å². The molecule has 0 aliphatic heterocycles. The predicted molar refractivity (Wildman–Crippen MR) is 83.1 cm³/mol. The van der Waals surface area contributed by atoms with Crippen molar-refractivity contribution in [1.29, 1.82) is 0 Å². The predicted octanol–water partition coefficient (Wildman–Crippen LogP) is 4.03. The lowest BCUT2D eigenvalue weighted by Crippen LogP contribution is -2.35. The number of alkyl halides is 2. The van der Waals surface area contributed by atoms with Crippen molar-refractivity contribution in [3.63, 3.8) is 0 Å². The van der Waals surface area contributed by atoms with E-state index in [1.165, 1.54) is 5.56 Å². The van der Waals surface area contributed by atoms with Crippen molar-refractivity contribution < 1.29 is 8.78 Å². The smallest absolute Gasteiger partial charge is 0.251 e. The number of nitrogens with one attached hydrogen (secondary N) is 1. The quantitative estimate of drug-likeness (QED) is 0.834. The van der Waals surface area contributed by atoms with Crippen molar-refractivity contribution in [2.75, 3.05) is 13.6 Å². The summed E-state index contributed by atoms with van der Waals surface area (Å²) in [4.78, 5) is 1.62. The summed E-state index contributed by atoms with van der Waals surface area (Å²) in [6, 6.07) is 6.07. The Hall–Kier alpha value is -0.520. The SMILES string of the molecule is CN(Cc1ccc(CNC(C)(C)C)cc1Br)CC(F)F. The van der Waals surface area contributed by atoms with Crippen LogP contribution in [0.3, 0.4) is 0 Å². The highest BCUT2D eigenvalue weighted by Gasteiger charge is 2.11. The lowest BCUT2D eigenvalue weighted by molar-refractivity contribution is 0.0975. The molecular weight excluding hydrogens is 326 g/mol. The molecular formula is C15H23BrF2N2. The average Bonchev–Trinajstić information content (AvgIpc) is 2.27. The van der Waals surface area contributed by atoms with E-state index in [-0.39, 0.29) is 12.1 Å². The Labute approximate surface area is 128 Å². The van der Waals surface area contributed by atoms with Crippen LogP contribution in [0.5, 0.6) is 0 Å². The molecule has 1 aromatic rings. The van der Waals surface area contributed by atoms with Crippen LogP contribution in [0.25, 0.3) is 0 Å². The Morgan fingerprint density at radius 1 is 1.30 bits per heavy atom. The second-order valence-corrected chi connectivity index (χ2v) is 6.97. The lowest BCUT2D eigenvalue weighted by atomic mass is 10.1. The molecule has 1 N–H and O–H groups in total. The first-order chi connectivity index (χ1) is 9.17. The van der Waals surface area contributed by atoms with E-state index in [1.54, 1.807) is 11.9 Å². The molecule has 20 heavy (non-hydrogen) atoms. The van der Waals surface area contributed by atoms with Crippen molar-refractivity contribution in [3.8, 4) is 0 Å². The molecule has 0 amide bonds. The number of benzene rings is 1. The van der Waals surface area contributed by atoms with Crippen molar-refractivity contribution in [1.82, 2.24) is 10.2 Å². The van der Waals surface area contributed by atoms with Crippen molar-refractivity contribution in [3.05, 3.63) is 33.8 Å². The second kappa shape index (κ2) is 7.48. The zero-order chi connectivity index (χ0) is 15.3. The van der Waals surface area contributed by atoms with E-state index in [0.29, 0.717) is 6.54 Å². The molecule has 0 saturated heterocycles. The van der Waals surface area contributed by atoms with Crippen LogP contribution >= 0.6 is 15.9 Å². The lowest BCUT2D eigenvalue weighted by Gasteiger charge is -2.21. The summed E-state index contributed by atoms with van der Waals surface area (Å²) in [5, 5.41) is 3.42. The fourth-order valence-corrected chi connectivity index (χ4v) is 2.34. The Morgan fingerprint density at radius 3 is 2.45 bits per heavy atom. The van der Waals surface area contributed by atoms with Gasteiger partial charge in [0.1, 0.15) is 0 Å². The molecule has 0 fully saturated rings. The summed E-state index contributed by atoms with van der Waals surface area (Å²) < 4.78 is 25.6. The molecule has 0 bridgehead atoms. The third-order valence-electron chi connectivity index (χ3n) is 2.83. The summed E-state index contributed by atoms with van der Waals surface area (Å²) in [5.74, 6) is 0. The maximum absolute atomic E-state index is 12.3. The van der Waals surface area contributed by atoms with Crippen LogP contribution in [-0.2, 0) is 13.1 Å². The van der Waals surface area contributed by atoms with Crippen LogP contribution in [-0.4, -0.2) is 30.5 Å². The maximum atomic E-state index is 12.3. The van der Waals surface area contributed by atoms with Gasteiger partial charge in [-0.1, -0.05) is 28.1 Å². The van der Waals surface area contributed by atoms with Gasteiger partial charge in [0.15, 0.2) is 0 Å². The topological polar surface area (TPSA) is 15.3 Å². The van der Waals surface area contributed by atoms with E-state index in [2.05, 4.69) is 42.0 Å². The Bertz CT molecular complexity index is 430. The van der Waals surface area contributed by atoms with Crippen LogP contribution < -0.4 is 5.32 Å². The number of hydrogen-bond acceptors (Lipinski definition) is 2. The van der Waals surface area contributed by atoms with Crippen LogP contribution in [0, 0.1) is 0 Å². The highest BCUT2D eigenvalue weighted by Crippen LogP contribution is 2.20. The van der Waals surface area contributed by atoms with Gasteiger partial charge in [-0.2, -0.15) is 0 Å². The van der Waals surface area contributed by atoms with E-state index in [0.717, 1.165) is 16.6 Å². The molecule has 0 unspecified atom stereocenters. The fourth-order valence-electron chi connectivity index (χ4n) is 1.79. The van der Waals surface area contributed by atoms with Gasteiger partial charge in [0.25, 0.3) is 6.43 Å². The Morgan fingerprint density at radius 2 is 1.95 bits per heavy atom. The van der Waals surface area contributed by atoms with Crippen LogP contribution in [0.1, 0.15) is 31.9 Å². The first-order valence-electron chi connectivity index (χ1n) is 6.66. The summed E-state index contributed by atoms with van der Waals surface area (Å²) >= 11 is 3.52. The van der Waals surface area contributed by atoms with Gasteiger partial charge in [0, 0.05) is 23.1 Å². The van der Waals surface area contributed by atoms with Gasteiger partial charge in [-0.25, -0.2) is 8.78 Å². The minimum atomic E-state index is -2.30. The standard InChI is InChI=1S/C15H23BrF2N2/c1-15(2,3)19-8-11-5-6-12(13(16)7-11)9-20(4)10-14(17)18/h5-7,14,19H,8-10H2,1-4H3. The molecule has 0 heterocycles. The minimum absolute atomic E-state index is 0.0721. The highest BCUT2D eigenvalue weighted by atomic mass is 79.9. The van der Waals surface area contributed by atoms with Crippen LogP contribution in [0.4, 0.5) is 8.78 Å². The molecule has 1 rings (SSSR count). The average molecular weight is 349 g/mol. The second-order valence-electron chi connectivity index (χ2n) is 6.12. The molecule has 0 aliphatic rings. The van der Waals surface area contributed by atoms with Gasteiger partial charge in [0.05, 0.1) is 6.54 Å². The molecule has 0 radical (unpaired) electrons. The van der Waals surface area contributed by atoms with Crippen molar-refractivity contribution in [2.45, 2.75) is 45.8 Å². The molecule has 5 heteroatoms. The van der Waals surface area contributed by atoms with E-state index in [4.69, 9.17) is 0 Å². The molecule has 0 atom stereocenters. The molecule has 0 saturated carbocycles. The summed E-state index contributed by atoms with van der Waals surface area (Å²) in [7, 11) is 1.70. The minimum Gasteiger partial charge on any atom is -0.308 e. The first kappa shape index (κ1) is 17.5. The molecule has 1 aromatic carbocycles. The largest absolute Gasteiger partial charge is 0.308 e. The third-order valence-corrected chi connectivity index (χ3v) is 3.57. The van der Waals surface area contributed by atoms with Gasteiger partial charge in [-0.15, -0.1) is 0 Å². The normalized spacial score (nSPS) is 12.4. The molecule has 2 nitrogen and oxygen atoms in total. The maximum Gasteiger partial charge on any atom is 0.251 e. The highest BCUT2D eigenvalue weighted by molar-refractivity contribution is 9.10. The number of nitrogens with zero attached hydrogens (tertiary/aromatic N) is 1. The van der Waals surface area contributed by atoms with E-state index >= 15 is 0 Å². The van der Waals surface area contributed by atoms with Crippen molar-refractivity contribution >= 4 is 15.9 Å². The zero-order valence-electron chi connectivity index (χ0n) is 12.5. The third kappa shape index (κ3) is 6.77. The molecule has 0 aliphatic carbocycles. The van der Waals surface area contributed by atoms with Crippen molar-refractivity contribution in [2.24, 2.45) is 0 Å². The number of hydrogen-bond donors (Lipinski definition) is 1. The first-order valence-corrected chi connectivity index (χ1v) is 7.46. The van der Waals surface area contributed by atoms with E-state index in [9.17, 15) is 8.78 Å². The Kier molecular flexibility index (Phi) is 6.55. The number of rotatable bonds is 6. The van der Waals surface area contributed by atoms with Gasteiger partial charge in [0.2, 0.25) is 0 Å². The zero-order valence-corrected chi connectivity index (χ0v) is 14.1. The molecule has 114 valence electrons. The van der Waals surface area contributed by atoms with Gasteiger partial charge in [-0.05, 0) is 45.0 Å². The van der Waals surface area contributed by atoms with Crippen LogP contribution in [0.15, 0.2) is 22.7 Å². The van der Waals surface area contributed by atoms with Gasteiger partial charge in [-0.3, -0.25) is 4.90 Å².